The predicted octanol–water partition coefficient (Wildman–Crippen LogP) is 3.51. The zero-order chi connectivity index (χ0) is 14.6. The summed E-state index contributed by atoms with van der Waals surface area (Å²) in [5.74, 6) is 0.498. The summed E-state index contributed by atoms with van der Waals surface area (Å²) >= 11 is 3.37. The maximum Gasteiger partial charge on any atom is 0.283 e. The molecule has 1 rings (SSSR count). The van der Waals surface area contributed by atoms with Crippen molar-refractivity contribution in [2.45, 2.75) is 47.6 Å². The SMILES string of the molecule is CCCn1ncc(NCC(C)C(C)(C)C)c(Br)c1=O. The van der Waals surface area contributed by atoms with Gasteiger partial charge in [-0.1, -0.05) is 34.6 Å². The van der Waals surface area contributed by atoms with Crippen molar-refractivity contribution in [1.29, 1.82) is 0 Å². The maximum absolute atomic E-state index is 12.0. The lowest BCUT2D eigenvalue weighted by Gasteiger charge is -2.27. The second-order valence-electron chi connectivity index (χ2n) is 6.05. The standard InChI is InChI=1S/C14H24BrN3O/c1-6-7-18-13(19)12(15)11(9-17-18)16-8-10(2)14(3,4)5/h9-10,16H,6-8H2,1-5H3. The number of hydrogen-bond donors (Lipinski definition) is 1. The van der Waals surface area contributed by atoms with Crippen LogP contribution in [0.1, 0.15) is 41.0 Å². The smallest absolute Gasteiger partial charge is 0.283 e. The predicted molar refractivity (Wildman–Crippen MR) is 83.6 cm³/mol. The minimum absolute atomic E-state index is 0.0738. The van der Waals surface area contributed by atoms with Crippen LogP contribution in [0.25, 0.3) is 0 Å². The molecule has 0 aliphatic rings. The van der Waals surface area contributed by atoms with Gasteiger partial charge in [0.2, 0.25) is 0 Å². The van der Waals surface area contributed by atoms with Gasteiger partial charge in [0.15, 0.2) is 0 Å². The van der Waals surface area contributed by atoms with E-state index in [1.165, 1.54) is 4.68 Å². The molecule has 108 valence electrons. The molecule has 0 aromatic carbocycles. The molecule has 0 radical (unpaired) electrons. The van der Waals surface area contributed by atoms with Crippen molar-refractivity contribution in [2.24, 2.45) is 11.3 Å². The van der Waals surface area contributed by atoms with Crippen molar-refractivity contribution in [2.75, 3.05) is 11.9 Å². The quantitative estimate of drug-likeness (QED) is 0.899. The number of anilines is 1. The van der Waals surface area contributed by atoms with Gasteiger partial charge in [-0.15, -0.1) is 0 Å². The molecular formula is C14H24BrN3O. The normalized spacial score (nSPS) is 13.4. The minimum Gasteiger partial charge on any atom is -0.382 e. The Morgan fingerprint density at radius 2 is 2.11 bits per heavy atom. The highest BCUT2D eigenvalue weighted by atomic mass is 79.9. The van der Waals surface area contributed by atoms with Gasteiger partial charge >= 0.3 is 0 Å². The van der Waals surface area contributed by atoms with Crippen molar-refractivity contribution in [1.82, 2.24) is 9.78 Å². The second-order valence-corrected chi connectivity index (χ2v) is 6.84. The van der Waals surface area contributed by atoms with E-state index in [2.05, 4.69) is 54.0 Å². The van der Waals surface area contributed by atoms with Crippen molar-refractivity contribution in [3.63, 3.8) is 0 Å². The summed E-state index contributed by atoms with van der Waals surface area (Å²) < 4.78 is 2.06. The Morgan fingerprint density at radius 3 is 2.63 bits per heavy atom. The Morgan fingerprint density at radius 1 is 1.47 bits per heavy atom. The van der Waals surface area contributed by atoms with Gasteiger partial charge in [-0.3, -0.25) is 4.79 Å². The molecule has 0 bridgehead atoms. The van der Waals surface area contributed by atoms with Crippen LogP contribution in [0.5, 0.6) is 0 Å². The van der Waals surface area contributed by atoms with Crippen molar-refractivity contribution < 1.29 is 0 Å². The summed E-state index contributed by atoms with van der Waals surface area (Å²) in [7, 11) is 0. The van der Waals surface area contributed by atoms with Gasteiger partial charge in [-0.2, -0.15) is 5.10 Å². The topological polar surface area (TPSA) is 46.9 Å². The zero-order valence-electron chi connectivity index (χ0n) is 12.5. The van der Waals surface area contributed by atoms with Crippen LogP contribution in [0.2, 0.25) is 0 Å². The number of rotatable bonds is 5. The fourth-order valence-corrected chi connectivity index (χ4v) is 1.98. The largest absolute Gasteiger partial charge is 0.382 e. The van der Waals surface area contributed by atoms with Crippen LogP contribution in [0.15, 0.2) is 15.5 Å². The molecule has 1 atom stereocenters. The van der Waals surface area contributed by atoms with Crippen LogP contribution in [0.3, 0.4) is 0 Å². The van der Waals surface area contributed by atoms with Crippen LogP contribution in [-0.2, 0) is 6.54 Å². The van der Waals surface area contributed by atoms with E-state index in [9.17, 15) is 4.79 Å². The number of aromatic nitrogens is 2. The fraction of sp³-hybridized carbons (Fsp3) is 0.714. The molecule has 4 nitrogen and oxygen atoms in total. The molecule has 0 aliphatic carbocycles. The monoisotopic (exact) mass is 329 g/mol. The number of nitrogens with one attached hydrogen (secondary N) is 1. The van der Waals surface area contributed by atoms with Gasteiger partial charge in [-0.05, 0) is 33.7 Å². The average Bonchev–Trinajstić information content (AvgIpc) is 2.32. The van der Waals surface area contributed by atoms with E-state index >= 15 is 0 Å². The lowest BCUT2D eigenvalue weighted by Crippen LogP contribution is -2.27. The Kier molecular flexibility index (Phi) is 5.59. The van der Waals surface area contributed by atoms with E-state index in [0.29, 0.717) is 16.9 Å². The number of nitrogens with zero attached hydrogens (tertiary/aromatic N) is 2. The Bertz CT molecular complexity index is 477. The lowest BCUT2D eigenvalue weighted by molar-refractivity contribution is 0.274. The van der Waals surface area contributed by atoms with E-state index in [-0.39, 0.29) is 11.0 Å². The highest BCUT2D eigenvalue weighted by molar-refractivity contribution is 9.10. The number of aryl methyl sites for hydroxylation is 1. The molecule has 0 spiro atoms. The lowest BCUT2D eigenvalue weighted by atomic mass is 9.82. The van der Waals surface area contributed by atoms with Crippen molar-refractivity contribution in [3.05, 3.63) is 21.0 Å². The van der Waals surface area contributed by atoms with E-state index in [1.54, 1.807) is 6.20 Å². The third-order valence-electron chi connectivity index (χ3n) is 3.50. The van der Waals surface area contributed by atoms with Gasteiger partial charge in [0.1, 0.15) is 4.47 Å². The average molecular weight is 330 g/mol. The molecule has 0 fully saturated rings. The summed E-state index contributed by atoms with van der Waals surface area (Å²) in [6.45, 7) is 12.3. The van der Waals surface area contributed by atoms with E-state index in [1.807, 2.05) is 6.92 Å². The summed E-state index contributed by atoms with van der Waals surface area (Å²) in [5.41, 5.74) is 0.938. The first-order valence-electron chi connectivity index (χ1n) is 6.76. The third kappa shape index (κ3) is 4.34. The van der Waals surface area contributed by atoms with Gasteiger partial charge < -0.3 is 5.32 Å². The molecule has 1 aromatic heterocycles. The summed E-state index contributed by atoms with van der Waals surface area (Å²) in [4.78, 5) is 12.0. The van der Waals surface area contributed by atoms with Crippen LogP contribution in [0, 0.1) is 11.3 Å². The Hall–Kier alpha value is -0.840. The molecule has 1 N–H and O–H groups in total. The van der Waals surface area contributed by atoms with Gasteiger partial charge in [0.05, 0.1) is 11.9 Å². The molecule has 1 aromatic rings. The molecule has 1 heterocycles. The molecule has 0 aliphatic heterocycles. The van der Waals surface area contributed by atoms with Crippen LogP contribution >= 0.6 is 15.9 Å². The van der Waals surface area contributed by atoms with Crippen molar-refractivity contribution in [3.8, 4) is 0 Å². The second kappa shape index (κ2) is 6.55. The fourth-order valence-electron chi connectivity index (χ4n) is 1.53. The van der Waals surface area contributed by atoms with E-state index < -0.39 is 0 Å². The number of hydrogen-bond acceptors (Lipinski definition) is 3. The molecule has 0 saturated carbocycles. The molecule has 5 heteroatoms. The first-order chi connectivity index (χ1) is 8.77. The summed E-state index contributed by atoms with van der Waals surface area (Å²) in [6, 6.07) is 0. The first-order valence-corrected chi connectivity index (χ1v) is 7.56. The molecule has 0 amide bonds. The van der Waals surface area contributed by atoms with E-state index in [4.69, 9.17) is 0 Å². The van der Waals surface area contributed by atoms with Crippen LogP contribution in [0.4, 0.5) is 5.69 Å². The van der Waals surface area contributed by atoms with Crippen LogP contribution < -0.4 is 10.9 Å². The highest BCUT2D eigenvalue weighted by Gasteiger charge is 2.20. The number of halogens is 1. The molecule has 0 saturated heterocycles. The van der Waals surface area contributed by atoms with Gasteiger partial charge in [-0.25, -0.2) is 4.68 Å². The molecule has 19 heavy (non-hydrogen) atoms. The van der Waals surface area contributed by atoms with Crippen molar-refractivity contribution >= 4 is 21.6 Å². The molecule has 1 unspecified atom stereocenters. The highest BCUT2D eigenvalue weighted by Crippen LogP contribution is 2.26. The minimum atomic E-state index is -0.0738. The summed E-state index contributed by atoms with van der Waals surface area (Å²) in [5, 5.41) is 7.49. The van der Waals surface area contributed by atoms with E-state index in [0.717, 1.165) is 18.7 Å². The Labute approximate surface area is 123 Å². The first kappa shape index (κ1) is 16.2. The Balaban J connectivity index is 2.81. The maximum atomic E-state index is 12.0. The zero-order valence-corrected chi connectivity index (χ0v) is 14.0. The van der Waals surface area contributed by atoms with Gasteiger partial charge in [0, 0.05) is 13.1 Å². The third-order valence-corrected chi connectivity index (χ3v) is 4.26. The van der Waals surface area contributed by atoms with Crippen LogP contribution in [-0.4, -0.2) is 16.3 Å². The summed E-state index contributed by atoms with van der Waals surface area (Å²) in [6.07, 6.45) is 2.61. The van der Waals surface area contributed by atoms with Gasteiger partial charge in [0.25, 0.3) is 5.56 Å². The molecular weight excluding hydrogens is 306 g/mol.